The second-order valence-corrected chi connectivity index (χ2v) is 6.93. The van der Waals surface area contributed by atoms with E-state index in [-0.39, 0.29) is 5.57 Å². The smallest absolute Gasteiger partial charge is 0.294 e. The van der Waals surface area contributed by atoms with Crippen LogP contribution in [0, 0.1) is 11.3 Å². The van der Waals surface area contributed by atoms with Crippen LogP contribution in [-0.4, -0.2) is 22.2 Å². The molecule has 0 unspecified atom stereocenters. The second-order valence-electron chi connectivity index (χ2n) is 6.93. The normalized spacial score (nSPS) is 29.3. The van der Waals surface area contributed by atoms with Crippen LogP contribution in [0.3, 0.4) is 0 Å². The zero-order valence-electron chi connectivity index (χ0n) is 12.1. The van der Waals surface area contributed by atoms with Gasteiger partial charge >= 0.3 is 6.18 Å². The van der Waals surface area contributed by atoms with E-state index in [2.05, 4.69) is 10.2 Å². The molecular weight excluding hydrogens is 305 g/mol. The van der Waals surface area contributed by atoms with Gasteiger partial charge in [0.25, 0.3) is 0 Å². The number of halogens is 3. The minimum atomic E-state index is -4.59. The predicted molar refractivity (Wildman–Crippen MR) is 77.6 cm³/mol. The van der Waals surface area contributed by atoms with Crippen molar-refractivity contribution in [3.05, 3.63) is 35.0 Å². The fraction of sp³-hybridized carbons (Fsp3) is 0.412. The number of carbonyl (C=O) groups excluding carboxylic acids is 1. The number of allylic oxidation sites excluding steroid dienone is 2. The molecule has 3 aliphatic carbocycles. The number of rotatable bonds is 0. The molecule has 1 heterocycles. The molecule has 2 bridgehead atoms. The van der Waals surface area contributed by atoms with Gasteiger partial charge in [0.1, 0.15) is 5.57 Å². The Labute approximate surface area is 129 Å². The summed E-state index contributed by atoms with van der Waals surface area (Å²) in [6, 6.07) is 3.48. The molecule has 5 rings (SSSR count). The van der Waals surface area contributed by atoms with Crippen LogP contribution < -0.4 is 0 Å². The second kappa shape index (κ2) is 3.86. The van der Waals surface area contributed by atoms with E-state index in [1.807, 2.05) is 0 Å². The van der Waals surface area contributed by atoms with Crippen LogP contribution in [0.2, 0.25) is 0 Å². The number of ketones is 1. The lowest BCUT2D eigenvalue weighted by atomic mass is 9.71. The van der Waals surface area contributed by atoms with Crippen LogP contribution in [0.25, 0.3) is 16.5 Å². The molecular formula is C17H13F3N2O. The Morgan fingerprint density at radius 3 is 2.91 bits per heavy atom. The van der Waals surface area contributed by atoms with Crippen LogP contribution in [0.15, 0.2) is 23.9 Å². The number of Topliss-reactive ketones (excluding diaryl/α,β-unsaturated/α-hetero) is 1. The van der Waals surface area contributed by atoms with Gasteiger partial charge in [0, 0.05) is 16.7 Å². The average molecular weight is 318 g/mol. The lowest BCUT2D eigenvalue weighted by Crippen LogP contribution is -2.34. The molecule has 1 aromatic carbocycles. The third-order valence-electron chi connectivity index (χ3n) is 5.81. The lowest BCUT2D eigenvalue weighted by Gasteiger charge is -2.33. The van der Waals surface area contributed by atoms with Crippen molar-refractivity contribution in [2.45, 2.75) is 31.9 Å². The highest BCUT2D eigenvalue weighted by Crippen LogP contribution is 2.64. The summed E-state index contributed by atoms with van der Waals surface area (Å²) in [5.74, 6) is -1.18. The summed E-state index contributed by atoms with van der Waals surface area (Å²) in [6.07, 6.45) is -0.568. The van der Waals surface area contributed by atoms with Gasteiger partial charge in [-0.25, -0.2) is 0 Å². The Bertz CT molecular complexity index is 908. The number of benzene rings is 1. The van der Waals surface area contributed by atoms with Gasteiger partial charge < -0.3 is 0 Å². The molecule has 1 spiro atoms. The molecule has 23 heavy (non-hydrogen) atoms. The molecule has 0 amide bonds. The number of H-pyrrole nitrogens is 1. The van der Waals surface area contributed by atoms with Crippen LogP contribution in [0.5, 0.6) is 0 Å². The molecule has 0 saturated heterocycles. The van der Waals surface area contributed by atoms with E-state index in [9.17, 15) is 18.0 Å². The molecule has 2 aromatic rings. The van der Waals surface area contributed by atoms with Gasteiger partial charge in [-0.2, -0.15) is 18.3 Å². The summed E-state index contributed by atoms with van der Waals surface area (Å²) in [4.78, 5) is 12.4. The molecule has 1 saturated carbocycles. The molecule has 118 valence electrons. The Morgan fingerprint density at radius 1 is 1.30 bits per heavy atom. The van der Waals surface area contributed by atoms with Crippen molar-refractivity contribution in [3.8, 4) is 0 Å². The fourth-order valence-corrected chi connectivity index (χ4v) is 4.96. The van der Waals surface area contributed by atoms with Gasteiger partial charge in [-0.3, -0.25) is 9.89 Å². The number of aromatic nitrogens is 2. The molecule has 0 radical (unpaired) electrons. The van der Waals surface area contributed by atoms with Crippen molar-refractivity contribution in [2.75, 3.05) is 0 Å². The highest BCUT2D eigenvalue weighted by molar-refractivity contribution is 6.10. The number of nitrogens with one attached hydrogen (secondary N) is 1. The summed E-state index contributed by atoms with van der Waals surface area (Å²) >= 11 is 0. The standard InChI is InChI=1S/C17H13F3N2O/c18-17(19,20)14-13-9-1-2-12-11(7-21-22-12)10(9)6-16(13)4-3-8(5-16)15(14)23/h1-2,7-8H,3-6H2,(H,21,22)/t8-,16-/m0/s1. The topological polar surface area (TPSA) is 45.8 Å². The Balaban J connectivity index is 1.89. The number of carbonyl (C=O) groups is 1. The number of hydrogen-bond acceptors (Lipinski definition) is 2. The van der Waals surface area contributed by atoms with Crippen molar-refractivity contribution in [3.63, 3.8) is 0 Å². The van der Waals surface area contributed by atoms with Crippen LogP contribution in [0.4, 0.5) is 13.2 Å². The Morgan fingerprint density at radius 2 is 2.13 bits per heavy atom. The Hall–Kier alpha value is -2.11. The number of fused-ring (bicyclic) bond motifs is 5. The highest BCUT2D eigenvalue weighted by Gasteiger charge is 2.59. The van der Waals surface area contributed by atoms with Crippen molar-refractivity contribution < 1.29 is 18.0 Å². The van der Waals surface area contributed by atoms with Gasteiger partial charge in [-0.05, 0) is 48.4 Å². The van der Waals surface area contributed by atoms with E-state index in [1.165, 1.54) is 0 Å². The van der Waals surface area contributed by atoms with E-state index in [1.54, 1.807) is 18.3 Å². The zero-order chi connectivity index (χ0) is 16.0. The first kappa shape index (κ1) is 13.3. The van der Waals surface area contributed by atoms with Crippen LogP contribution in [0.1, 0.15) is 30.4 Å². The van der Waals surface area contributed by atoms with Crippen molar-refractivity contribution in [1.82, 2.24) is 10.2 Å². The van der Waals surface area contributed by atoms with Gasteiger partial charge in [0.05, 0.1) is 11.7 Å². The number of nitrogens with zero attached hydrogens (tertiary/aromatic N) is 1. The highest BCUT2D eigenvalue weighted by atomic mass is 19.4. The number of hydrogen-bond donors (Lipinski definition) is 1. The lowest BCUT2D eigenvalue weighted by molar-refractivity contribution is -0.132. The van der Waals surface area contributed by atoms with E-state index in [0.717, 1.165) is 16.5 Å². The minimum absolute atomic E-state index is 0.252. The summed E-state index contributed by atoms with van der Waals surface area (Å²) < 4.78 is 41.0. The van der Waals surface area contributed by atoms with E-state index >= 15 is 0 Å². The van der Waals surface area contributed by atoms with Crippen molar-refractivity contribution >= 4 is 22.3 Å². The first-order chi connectivity index (χ1) is 10.9. The molecule has 1 N–H and O–H groups in total. The molecule has 2 atom stereocenters. The SMILES string of the molecule is O=C1C(C(F)(F)F)=C2c3ccc4[nH]ncc4c3C[C@@]23CC[C@H]1C3. The first-order valence-electron chi connectivity index (χ1n) is 7.72. The molecule has 3 aliphatic rings. The largest absolute Gasteiger partial charge is 0.420 e. The quantitative estimate of drug-likeness (QED) is 0.803. The van der Waals surface area contributed by atoms with E-state index in [0.29, 0.717) is 31.2 Å². The maximum Gasteiger partial charge on any atom is 0.420 e. The molecule has 1 fully saturated rings. The van der Waals surface area contributed by atoms with Crippen molar-refractivity contribution in [2.24, 2.45) is 11.3 Å². The van der Waals surface area contributed by atoms with Gasteiger partial charge in [0.2, 0.25) is 0 Å². The van der Waals surface area contributed by atoms with Gasteiger partial charge in [-0.15, -0.1) is 0 Å². The predicted octanol–water partition coefficient (Wildman–Crippen LogP) is 3.80. The average Bonchev–Trinajstić information content (AvgIpc) is 3.15. The van der Waals surface area contributed by atoms with Gasteiger partial charge in [0.15, 0.2) is 5.78 Å². The maximum atomic E-state index is 13.7. The zero-order valence-corrected chi connectivity index (χ0v) is 12.1. The summed E-state index contributed by atoms with van der Waals surface area (Å²) in [6.45, 7) is 0. The van der Waals surface area contributed by atoms with E-state index < -0.39 is 28.9 Å². The van der Waals surface area contributed by atoms with Crippen molar-refractivity contribution in [1.29, 1.82) is 0 Å². The molecule has 0 aliphatic heterocycles. The Kier molecular flexibility index (Phi) is 2.24. The monoisotopic (exact) mass is 318 g/mol. The van der Waals surface area contributed by atoms with Gasteiger partial charge in [-0.1, -0.05) is 6.07 Å². The van der Waals surface area contributed by atoms with E-state index in [4.69, 9.17) is 0 Å². The summed E-state index contributed by atoms with van der Waals surface area (Å²) in [5.41, 5.74) is 1.17. The maximum absolute atomic E-state index is 13.7. The fourth-order valence-electron chi connectivity index (χ4n) is 4.96. The molecule has 3 nitrogen and oxygen atoms in total. The molecule has 1 aromatic heterocycles. The number of aromatic amines is 1. The summed E-state index contributed by atoms with van der Waals surface area (Å²) in [5, 5.41) is 7.75. The number of alkyl halides is 3. The van der Waals surface area contributed by atoms with Crippen LogP contribution >= 0.6 is 0 Å². The van der Waals surface area contributed by atoms with Crippen LogP contribution in [-0.2, 0) is 11.2 Å². The third kappa shape index (κ3) is 1.51. The molecule has 6 heteroatoms. The summed E-state index contributed by atoms with van der Waals surface area (Å²) in [7, 11) is 0. The minimum Gasteiger partial charge on any atom is -0.294 e. The first-order valence-corrected chi connectivity index (χ1v) is 7.72. The third-order valence-corrected chi connectivity index (χ3v) is 5.81.